The molecule has 1 saturated heterocycles. The Bertz CT molecular complexity index is 284. The molecular weight excluding hydrogens is 170 g/mol. The molecule has 0 aliphatic carbocycles. The SMILES string of the molecule is C=C(C=CC#N)C(=O)OCC1CO1. The highest BCUT2D eigenvalue weighted by Gasteiger charge is 2.24. The quantitative estimate of drug-likeness (QED) is 0.208. The molecule has 0 radical (unpaired) electrons. The number of hydrogen-bond acceptors (Lipinski definition) is 4. The second-order valence-electron chi connectivity index (χ2n) is 2.54. The van der Waals surface area contributed by atoms with Gasteiger partial charge in [0, 0.05) is 6.08 Å². The van der Waals surface area contributed by atoms with Crippen molar-refractivity contribution in [2.75, 3.05) is 13.2 Å². The molecule has 0 saturated carbocycles. The summed E-state index contributed by atoms with van der Waals surface area (Å²) in [5.74, 6) is -0.512. The van der Waals surface area contributed by atoms with Crippen LogP contribution < -0.4 is 0 Å². The van der Waals surface area contributed by atoms with E-state index in [-0.39, 0.29) is 18.3 Å². The van der Waals surface area contributed by atoms with Crippen LogP contribution in [0.2, 0.25) is 0 Å². The van der Waals surface area contributed by atoms with Crippen molar-refractivity contribution >= 4 is 5.97 Å². The first-order valence-electron chi connectivity index (χ1n) is 3.78. The molecule has 1 fully saturated rings. The molecule has 0 spiro atoms. The number of epoxide rings is 1. The lowest BCUT2D eigenvalue weighted by Gasteiger charge is -2.00. The number of nitrogens with zero attached hydrogens (tertiary/aromatic N) is 1. The first-order valence-corrected chi connectivity index (χ1v) is 3.78. The summed E-state index contributed by atoms with van der Waals surface area (Å²) in [4.78, 5) is 11.0. The fourth-order valence-electron chi connectivity index (χ4n) is 0.631. The summed E-state index contributed by atoms with van der Waals surface area (Å²) in [6.07, 6.45) is 2.55. The van der Waals surface area contributed by atoms with E-state index >= 15 is 0 Å². The molecule has 0 aromatic heterocycles. The lowest BCUT2D eigenvalue weighted by molar-refractivity contribution is -0.139. The molecule has 13 heavy (non-hydrogen) atoms. The van der Waals surface area contributed by atoms with Crippen LogP contribution in [0.4, 0.5) is 0 Å². The Morgan fingerprint density at radius 3 is 3.08 bits per heavy atom. The molecule has 0 N–H and O–H groups in total. The predicted molar refractivity (Wildman–Crippen MR) is 44.6 cm³/mol. The van der Waals surface area contributed by atoms with Crippen molar-refractivity contribution < 1.29 is 14.3 Å². The summed E-state index contributed by atoms with van der Waals surface area (Å²) >= 11 is 0. The Balaban J connectivity index is 2.25. The van der Waals surface area contributed by atoms with Gasteiger partial charge in [-0.2, -0.15) is 5.26 Å². The van der Waals surface area contributed by atoms with E-state index in [0.29, 0.717) is 6.61 Å². The van der Waals surface area contributed by atoms with E-state index in [2.05, 4.69) is 6.58 Å². The zero-order valence-corrected chi connectivity index (χ0v) is 7.03. The van der Waals surface area contributed by atoms with E-state index in [1.54, 1.807) is 6.07 Å². The molecule has 0 aromatic rings. The summed E-state index contributed by atoms with van der Waals surface area (Å²) in [6, 6.07) is 1.76. The van der Waals surface area contributed by atoms with E-state index in [1.807, 2.05) is 0 Å². The third-order valence-corrected chi connectivity index (χ3v) is 1.42. The molecule has 1 unspecified atom stereocenters. The van der Waals surface area contributed by atoms with Crippen LogP contribution in [0.1, 0.15) is 0 Å². The number of carbonyl (C=O) groups is 1. The third kappa shape index (κ3) is 3.54. The van der Waals surface area contributed by atoms with Crippen LogP contribution in [0.25, 0.3) is 0 Å². The summed E-state index contributed by atoms with van der Waals surface area (Å²) in [5, 5.41) is 8.18. The first-order chi connectivity index (χ1) is 6.24. The van der Waals surface area contributed by atoms with Crippen LogP contribution in [0.5, 0.6) is 0 Å². The van der Waals surface area contributed by atoms with E-state index in [1.165, 1.54) is 12.2 Å². The van der Waals surface area contributed by atoms with Crippen LogP contribution in [-0.2, 0) is 14.3 Å². The molecule has 0 aromatic carbocycles. The van der Waals surface area contributed by atoms with Crippen molar-refractivity contribution in [2.45, 2.75) is 6.10 Å². The minimum Gasteiger partial charge on any atom is -0.459 e. The number of carbonyl (C=O) groups excluding carboxylic acids is 1. The van der Waals surface area contributed by atoms with Gasteiger partial charge in [-0.05, 0) is 6.08 Å². The zero-order valence-electron chi connectivity index (χ0n) is 7.03. The molecule has 1 rings (SSSR count). The second kappa shape index (κ2) is 4.43. The van der Waals surface area contributed by atoms with Gasteiger partial charge in [-0.25, -0.2) is 4.79 Å². The fourth-order valence-corrected chi connectivity index (χ4v) is 0.631. The number of esters is 1. The van der Waals surface area contributed by atoms with Crippen molar-refractivity contribution in [3.05, 3.63) is 24.3 Å². The number of hydrogen-bond donors (Lipinski definition) is 0. The lowest BCUT2D eigenvalue weighted by Crippen LogP contribution is -2.10. The predicted octanol–water partition coefficient (Wildman–Crippen LogP) is 0.564. The topological polar surface area (TPSA) is 62.6 Å². The average molecular weight is 179 g/mol. The normalized spacial score (nSPS) is 19.5. The molecule has 0 bridgehead atoms. The van der Waals surface area contributed by atoms with Crippen molar-refractivity contribution in [2.24, 2.45) is 0 Å². The minimum absolute atomic E-state index is 0.0525. The molecule has 0 amide bonds. The summed E-state index contributed by atoms with van der Waals surface area (Å²) in [6.45, 7) is 4.35. The van der Waals surface area contributed by atoms with Gasteiger partial charge in [0.15, 0.2) is 0 Å². The smallest absolute Gasteiger partial charge is 0.337 e. The standard InChI is InChI=1S/C9H9NO3/c1-7(3-2-4-10)9(11)13-6-8-5-12-8/h2-3,8H,1,5-6H2. The van der Waals surface area contributed by atoms with Gasteiger partial charge in [-0.1, -0.05) is 6.58 Å². The van der Waals surface area contributed by atoms with Crippen molar-refractivity contribution in [1.29, 1.82) is 5.26 Å². The van der Waals surface area contributed by atoms with Crippen molar-refractivity contribution in [3.63, 3.8) is 0 Å². The Kier molecular flexibility index (Phi) is 3.23. The maximum atomic E-state index is 11.0. The van der Waals surface area contributed by atoms with Gasteiger partial charge < -0.3 is 9.47 Å². The van der Waals surface area contributed by atoms with E-state index in [9.17, 15) is 4.79 Å². The second-order valence-corrected chi connectivity index (χ2v) is 2.54. The molecule has 1 heterocycles. The zero-order chi connectivity index (χ0) is 9.68. The highest BCUT2D eigenvalue weighted by molar-refractivity contribution is 5.90. The molecular formula is C9H9NO3. The molecule has 4 heteroatoms. The van der Waals surface area contributed by atoms with E-state index in [4.69, 9.17) is 14.7 Å². The highest BCUT2D eigenvalue weighted by Crippen LogP contribution is 2.09. The maximum absolute atomic E-state index is 11.0. The number of rotatable bonds is 4. The first kappa shape index (κ1) is 9.49. The van der Waals surface area contributed by atoms with Gasteiger partial charge >= 0.3 is 5.97 Å². The van der Waals surface area contributed by atoms with Crippen molar-refractivity contribution in [3.8, 4) is 6.07 Å². The van der Waals surface area contributed by atoms with E-state index in [0.717, 1.165) is 0 Å². The lowest BCUT2D eigenvalue weighted by atomic mass is 10.3. The Hall–Kier alpha value is -1.60. The van der Waals surface area contributed by atoms with Gasteiger partial charge in [-0.3, -0.25) is 0 Å². The highest BCUT2D eigenvalue weighted by atomic mass is 16.6. The van der Waals surface area contributed by atoms with Gasteiger partial charge in [0.05, 0.1) is 18.2 Å². The van der Waals surface area contributed by atoms with Gasteiger partial charge in [0.1, 0.15) is 12.7 Å². The monoisotopic (exact) mass is 179 g/mol. The van der Waals surface area contributed by atoms with Gasteiger partial charge in [0.25, 0.3) is 0 Å². The van der Waals surface area contributed by atoms with Gasteiger partial charge in [0.2, 0.25) is 0 Å². The summed E-state index contributed by atoms with van der Waals surface area (Å²) < 4.78 is 9.64. The number of allylic oxidation sites excluding steroid dienone is 1. The average Bonchev–Trinajstić information content (AvgIpc) is 2.93. The van der Waals surface area contributed by atoms with Crippen LogP contribution in [0, 0.1) is 11.3 Å². The maximum Gasteiger partial charge on any atom is 0.337 e. The molecule has 1 aliphatic rings. The molecule has 1 atom stereocenters. The van der Waals surface area contributed by atoms with E-state index < -0.39 is 5.97 Å². The largest absolute Gasteiger partial charge is 0.459 e. The summed E-state index contributed by atoms with van der Waals surface area (Å²) in [7, 11) is 0. The van der Waals surface area contributed by atoms with Crippen LogP contribution in [-0.4, -0.2) is 25.3 Å². The number of ether oxygens (including phenoxy) is 2. The Morgan fingerprint density at radius 2 is 2.54 bits per heavy atom. The summed E-state index contributed by atoms with van der Waals surface area (Å²) in [5.41, 5.74) is 0.169. The number of nitriles is 1. The molecule has 4 nitrogen and oxygen atoms in total. The van der Waals surface area contributed by atoms with Crippen LogP contribution in [0.15, 0.2) is 24.3 Å². The molecule has 68 valence electrons. The minimum atomic E-state index is -0.512. The fraction of sp³-hybridized carbons (Fsp3) is 0.333. The Morgan fingerprint density at radius 1 is 1.85 bits per heavy atom. The van der Waals surface area contributed by atoms with Gasteiger partial charge in [-0.15, -0.1) is 0 Å². The van der Waals surface area contributed by atoms with Crippen molar-refractivity contribution in [1.82, 2.24) is 0 Å². The van der Waals surface area contributed by atoms with Crippen LogP contribution >= 0.6 is 0 Å². The Labute approximate surface area is 76.1 Å². The molecule has 1 aliphatic heterocycles. The van der Waals surface area contributed by atoms with Crippen LogP contribution in [0.3, 0.4) is 0 Å². The third-order valence-electron chi connectivity index (χ3n) is 1.42.